The molecule has 0 fully saturated rings. The van der Waals surface area contributed by atoms with Gasteiger partial charge in [0.1, 0.15) is 18.5 Å². The summed E-state index contributed by atoms with van der Waals surface area (Å²) >= 11 is 0. The van der Waals surface area contributed by atoms with E-state index in [1.165, 1.54) is 58.1 Å². The number of rotatable bonds is 6. The van der Waals surface area contributed by atoms with Crippen molar-refractivity contribution in [1.29, 1.82) is 0 Å². The minimum Gasteiger partial charge on any atom is -0.491 e. The molecular weight excluding hydrogens is 396 g/mol. The Morgan fingerprint density at radius 2 is 1.84 bits per heavy atom. The number of hydrogen-bond donors (Lipinski definition) is 1. The maximum absolute atomic E-state index is 10.9. The molecule has 170 valence electrons. The van der Waals surface area contributed by atoms with E-state index in [2.05, 4.69) is 73.6 Å². The summed E-state index contributed by atoms with van der Waals surface area (Å²) in [4.78, 5) is 2.50. The maximum atomic E-state index is 10.9. The Bertz CT molecular complexity index is 1130. The highest BCUT2D eigenvalue weighted by atomic mass is 16.5. The third-order valence-corrected chi connectivity index (χ3v) is 7.31. The Kier molecular flexibility index (Phi) is 5.77. The third kappa shape index (κ3) is 3.84. The highest BCUT2D eigenvalue weighted by Gasteiger charge is 2.35. The molecule has 4 nitrogen and oxygen atoms in total. The van der Waals surface area contributed by atoms with Crippen LogP contribution in [0.5, 0.6) is 5.75 Å². The number of β-amino-alcohol motifs (C(OH)–C–C–N with tert-alkyl or cyclic N) is 1. The maximum Gasteiger partial charge on any atom is 0.123 e. The van der Waals surface area contributed by atoms with Gasteiger partial charge < -0.3 is 14.4 Å². The fourth-order valence-electron chi connectivity index (χ4n) is 5.76. The van der Waals surface area contributed by atoms with Crippen molar-refractivity contribution in [2.24, 2.45) is 0 Å². The average Bonchev–Trinajstić information content (AvgIpc) is 3.08. The smallest absolute Gasteiger partial charge is 0.123 e. The van der Waals surface area contributed by atoms with Gasteiger partial charge in [-0.05, 0) is 73.9 Å². The van der Waals surface area contributed by atoms with Crippen LogP contribution < -0.4 is 4.74 Å². The van der Waals surface area contributed by atoms with Gasteiger partial charge in [-0.25, -0.2) is 0 Å². The van der Waals surface area contributed by atoms with Crippen molar-refractivity contribution in [1.82, 2.24) is 9.47 Å². The number of aromatic nitrogens is 1. The molecule has 0 spiro atoms. The van der Waals surface area contributed by atoms with Crippen LogP contribution in [0.25, 0.3) is 10.9 Å². The molecule has 0 radical (unpaired) electrons. The Hall–Kier alpha value is -2.30. The molecule has 2 atom stereocenters. The van der Waals surface area contributed by atoms with Crippen LogP contribution in [-0.2, 0) is 13.0 Å². The fraction of sp³-hybridized carbons (Fsp3) is 0.500. The van der Waals surface area contributed by atoms with Crippen molar-refractivity contribution in [2.75, 3.05) is 19.7 Å². The number of aliphatic hydroxyl groups is 1. The van der Waals surface area contributed by atoms with Gasteiger partial charge in [0.2, 0.25) is 0 Å². The summed E-state index contributed by atoms with van der Waals surface area (Å²) in [5, 5.41) is 12.4. The van der Waals surface area contributed by atoms with Gasteiger partial charge in [0.15, 0.2) is 0 Å². The summed E-state index contributed by atoms with van der Waals surface area (Å²) < 4.78 is 8.69. The number of aliphatic hydroxyl groups excluding tert-OH is 1. The van der Waals surface area contributed by atoms with E-state index in [0.717, 1.165) is 18.8 Å². The Labute approximate surface area is 191 Å². The predicted molar refractivity (Wildman–Crippen MR) is 131 cm³/mol. The second-order valence-corrected chi connectivity index (χ2v) is 10.1. The van der Waals surface area contributed by atoms with Crippen LogP contribution in [0.4, 0.5) is 0 Å². The topological polar surface area (TPSA) is 37.6 Å². The van der Waals surface area contributed by atoms with E-state index in [4.69, 9.17) is 4.74 Å². The summed E-state index contributed by atoms with van der Waals surface area (Å²) in [7, 11) is 0. The highest BCUT2D eigenvalue weighted by molar-refractivity contribution is 5.87. The van der Waals surface area contributed by atoms with E-state index < -0.39 is 6.10 Å². The lowest BCUT2D eigenvalue weighted by Gasteiger charge is -2.40. The lowest BCUT2D eigenvalue weighted by atomic mass is 9.89. The van der Waals surface area contributed by atoms with Crippen LogP contribution >= 0.6 is 0 Å². The highest BCUT2D eigenvalue weighted by Crippen LogP contribution is 2.42. The van der Waals surface area contributed by atoms with Crippen molar-refractivity contribution in [3.63, 3.8) is 0 Å². The second kappa shape index (κ2) is 8.57. The number of nitrogens with zero attached hydrogens (tertiary/aromatic N) is 2. The first kappa shape index (κ1) is 21.5. The van der Waals surface area contributed by atoms with Crippen LogP contribution in [0.3, 0.4) is 0 Å². The Balaban J connectivity index is 1.33. The molecule has 1 aromatic heterocycles. The molecule has 3 aromatic rings. The molecular formula is C28H36N2O2. The zero-order valence-electron chi connectivity index (χ0n) is 19.9. The molecule has 0 bridgehead atoms. The van der Waals surface area contributed by atoms with E-state index >= 15 is 0 Å². The van der Waals surface area contributed by atoms with Crippen molar-refractivity contribution in [3.8, 4) is 5.75 Å². The minimum absolute atomic E-state index is 0.335. The minimum atomic E-state index is -0.501. The van der Waals surface area contributed by atoms with Crippen LogP contribution in [0.1, 0.15) is 66.6 Å². The lowest BCUT2D eigenvalue weighted by Crippen LogP contribution is -2.44. The zero-order chi connectivity index (χ0) is 22.4. The number of hydrogen-bond acceptors (Lipinski definition) is 3. The molecule has 0 saturated carbocycles. The van der Waals surface area contributed by atoms with Crippen LogP contribution in [0.2, 0.25) is 0 Å². The predicted octanol–water partition coefficient (Wildman–Crippen LogP) is 5.51. The Morgan fingerprint density at radius 3 is 2.66 bits per heavy atom. The van der Waals surface area contributed by atoms with Crippen molar-refractivity contribution in [2.45, 2.75) is 71.6 Å². The zero-order valence-corrected chi connectivity index (χ0v) is 19.9. The SMILES string of the molecule is Cc1ccc(C(C)C)c(OC[C@H](O)CN2CCn3c4c(c5cc(C)ccc53)CCC[C@H]42)c1. The summed E-state index contributed by atoms with van der Waals surface area (Å²) in [5.74, 6) is 1.31. The van der Waals surface area contributed by atoms with Gasteiger partial charge in [-0.15, -0.1) is 0 Å². The van der Waals surface area contributed by atoms with Crippen molar-refractivity contribution < 1.29 is 9.84 Å². The molecule has 1 aliphatic carbocycles. The molecule has 5 rings (SSSR count). The summed E-state index contributed by atoms with van der Waals surface area (Å²) in [6.45, 7) is 11.6. The summed E-state index contributed by atoms with van der Waals surface area (Å²) in [6, 6.07) is 13.7. The third-order valence-electron chi connectivity index (χ3n) is 7.31. The molecule has 4 heteroatoms. The van der Waals surface area contributed by atoms with E-state index in [1.54, 1.807) is 0 Å². The molecule has 0 unspecified atom stereocenters. The second-order valence-electron chi connectivity index (χ2n) is 10.1. The fourth-order valence-corrected chi connectivity index (χ4v) is 5.76. The van der Waals surface area contributed by atoms with Crippen LogP contribution in [0, 0.1) is 13.8 Å². The van der Waals surface area contributed by atoms with Gasteiger partial charge in [0.05, 0.1) is 6.04 Å². The Morgan fingerprint density at radius 1 is 1.06 bits per heavy atom. The molecule has 0 saturated heterocycles. The number of aryl methyl sites for hydroxylation is 3. The van der Waals surface area contributed by atoms with Crippen LogP contribution in [0.15, 0.2) is 36.4 Å². The first-order chi connectivity index (χ1) is 15.4. The molecule has 2 aromatic carbocycles. The van der Waals surface area contributed by atoms with E-state index in [9.17, 15) is 5.11 Å². The van der Waals surface area contributed by atoms with E-state index in [1.807, 2.05) is 0 Å². The molecule has 32 heavy (non-hydrogen) atoms. The largest absolute Gasteiger partial charge is 0.491 e. The van der Waals surface area contributed by atoms with Crippen molar-refractivity contribution >= 4 is 10.9 Å². The average molecular weight is 433 g/mol. The number of fused-ring (bicyclic) bond motifs is 3. The van der Waals surface area contributed by atoms with Gasteiger partial charge in [-0.1, -0.05) is 37.6 Å². The summed E-state index contributed by atoms with van der Waals surface area (Å²) in [5.41, 5.74) is 8.15. The van der Waals surface area contributed by atoms with Gasteiger partial charge in [-0.2, -0.15) is 0 Å². The van der Waals surface area contributed by atoms with Gasteiger partial charge >= 0.3 is 0 Å². The van der Waals surface area contributed by atoms with Crippen molar-refractivity contribution in [3.05, 3.63) is 64.3 Å². The quantitative estimate of drug-likeness (QED) is 0.558. The number of ether oxygens (including phenoxy) is 1. The number of benzene rings is 2. The molecule has 2 heterocycles. The monoisotopic (exact) mass is 432 g/mol. The molecule has 0 amide bonds. The normalized spacial score (nSPS) is 19.4. The molecule has 1 aliphatic heterocycles. The lowest BCUT2D eigenvalue weighted by molar-refractivity contribution is 0.0372. The first-order valence-electron chi connectivity index (χ1n) is 12.2. The van der Waals surface area contributed by atoms with E-state index in [0.29, 0.717) is 25.1 Å². The van der Waals surface area contributed by atoms with Gasteiger partial charge in [0, 0.05) is 36.2 Å². The molecule has 2 aliphatic rings. The van der Waals surface area contributed by atoms with Gasteiger partial charge in [-0.3, -0.25) is 4.90 Å². The first-order valence-corrected chi connectivity index (χ1v) is 12.2. The van der Waals surface area contributed by atoms with Gasteiger partial charge in [0.25, 0.3) is 0 Å². The van der Waals surface area contributed by atoms with E-state index in [-0.39, 0.29) is 0 Å². The summed E-state index contributed by atoms with van der Waals surface area (Å²) in [6.07, 6.45) is 3.06. The standard InChI is InChI=1S/C28H36N2O2/c1-18(2)22-10-8-20(4)15-27(22)32-17-21(31)16-29-12-13-30-25-11-9-19(3)14-24(25)23-6-5-7-26(29)28(23)30/h8-11,14-15,18,21,26,31H,5-7,12-13,16-17H2,1-4H3/t21-,26-/m1/s1. The molecule has 1 N–H and O–H groups in total. The van der Waals surface area contributed by atoms with Crippen LogP contribution in [-0.4, -0.2) is 40.4 Å².